The van der Waals surface area contributed by atoms with E-state index >= 15 is 0 Å². The van der Waals surface area contributed by atoms with Gasteiger partial charge in [-0.3, -0.25) is 14.4 Å². The second kappa shape index (κ2) is 10.8. The highest BCUT2D eigenvalue weighted by molar-refractivity contribution is 8.02. The molecule has 4 aliphatic heterocycles. The van der Waals surface area contributed by atoms with Crippen LogP contribution in [-0.2, 0) is 14.4 Å². The molecule has 4 aliphatic rings. The lowest BCUT2D eigenvalue weighted by atomic mass is 9.74. The van der Waals surface area contributed by atoms with Gasteiger partial charge in [-0.2, -0.15) is 0 Å². The van der Waals surface area contributed by atoms with Crippen LogP contribution >= 0.6 is 23.4 Å². The highest BCUT2D eigenvalue weighted by Gasteiger charge is 2.74. The molecule has 4 heterocycles. The number of aliphatic hydroxyl groups excluding tert-OH is 1. The van der Waals surface area contributed by atoms with Crippen molar-refractivity contribution in [2.75, 3.05) is 42.6 Å². The number of thioether (sulfide) groups is 1. The first-order valence-corrected chi connectivity index (χ1v) is 15.4. The number of rotatable bonds is 6. The second-order valence-electron chi connectivity index (χ2n) is 11.3. The number of anilines is 2. The first kappa shape index (κ1) is 28.8. The molecule has 8 nitrogen and oxygen atoms in total. The molecule has 6 rings (SSSR count). The molecule has 2 aromatic carbocycles. The van der Waals surface area contributed by atoms with Gasteiger partial charge in [0.2, 0.25) is 11.8 Å². The Kier molecular flexibility index (Phi) is 7.40. The van der Waals surface area contributed by atoms with Crippen molar-refractivity contribution in [3.8, 4) is 5.75 Å². The molecule has 1 spiro atoms. The number of carbonyl (C=O) groups is 3. The summed E-state index contributed by atoms with van der Waals surface area (Å²) < 4.78 is 3.84. The first-order valence-electron chi connectivity index (χ1n) is 14.2. The molecule has 0 bridgehead atoms. The summed E-state index contributed by atoms with van der Waals surface area (Å²) in [5.74, 6) is -1.53. The fraction of sp³-hybridized carbons (Fsp3) is 0.406. The van der Waals surface area contributed by atoms with Crippen LogP contribution in [0.25, 0.3) is 0 Å². The van der Waals surface area contributed by atoms with Gasteiger partial charge in [0.1, 0.15) is 11.8 Å². The maximum atomic E-state index is 14.5. The van der Waals surface area contributed by atoms with Gasteiger partial charge in [-0.15, -0.1) is 11.8 Å². The van der Waals surface area contributed by atoms with E-state index in [2.05, 4.69) is 0 Å². The van der Waals surface area contributed by atoms with Gasteiger partial charge in [0.15, 0.2) is 0 Å². The number of fused-ring (bicyclic) bond motifs is 2. The Hall–Kier alpha value is -3.27. The summed E-state index contributed by atoms with van der Waals surface area (Å²) in [4.78, 5) is 48.2. The number of para-hydroxylation sites is 1. The van der Waals surface area contributed by atoms with Crippen molar-refractivity contribution in [1.82, 2.24) is 4.90 Å². The fourth-order valence-electron chi connectivity index (χ4n) is 7.16. The average molecular weight is 608 g/mol. The quantitative estimate of drug-likeness (QED) is 0.495. The van der Waals surface area contributed by atoms with Crippen molar-refractivity contribution >= 4 is 52.5 Å². The molecule has 2 saturated heterocycles. The third-order valence-corrected chi connectivity index (χ3v) is 10.9. The monoisotopic (exact) mass is 607 g/mol. The van der Waals surface area contributed by atoms with Crippen molar-refractivity contribution in [1.29, 1.82) is 0 Å². The van der Waals surface area contributed by atoms with E-state index in [4.69, 9.17) is 16.3 Å². The smallest absolute Gasteiger partial charge is 0.251 e. The molecule has 2 fully saturated rings. The Bertz CT molecular complexity index is 1480. The molecule has 1 unspecified atom stereocenters. The van der Waals surface area contributed by atoms with E-state index in [0.717, 1.165) is 5.56 Å². The number of likely N-dealkylation sites (tertiary alicyclic amines) is 1. The van der Waals surface area contributed by atoms with Gasteiger partial charge in [-0.1, -0.05) is 48.0 Å². The predicted octanol–water partition coefficient (Wildman–Crippen LogP) is 4.23. The molecule has 3 amide bonds. The van der Waals surface area contributed by atoms with E-state index in [1.54, 1.807) is 15.9 Å². The van der Waals surface area contributed by atoms with Crippen LogP contribution in [0.4, 0.5) is 11.4 Å². The minimum Gasteiger partial charge on any atom is -0.494 e. The topological polar surface area (TPSA) is 90.4 Å². The Balaban J connectivity index is 1.44. The van der Waals surface area contributed by atoms with Gasteiger partial charge in [0, 0.05) is 30.1 Å². The summed E-state index contributed by atoms with van der Waals surface area (Å²) in [5.41, 5.74) is 2.16. The molecule has 0 aromatic heterocycles. The molecule has 1 N–H and O–H groups in total. The summed E-state index contributed by atoms with van der Waals surface area (Å²) in [5, 5.41) is 10.4. The normalized spacial score (nSPS) is 30.3. The third-order valence-electron chi connectivity index (χ3n) is 8.82. The zero-order chi connectivity index (χ0) is 29.8. The lowest BCUT2D eigenvalue weighted by molar-refractivity contribution is -0.139. The van der Waals surface area contributed by atoms with Crippen molar-refractivity contribution in [2.45, 2.75) is 36.3 Å². The van der Waals surface area contributed by atoms with Gasteiger partial charge in [-0.05, 0) is 56.7 Å². The summed E-state index contributed by atoms with van der Waals surface area (Å²) in [6, 6.07) is 12.0. The van der Waals surface area contributed by atoms with Crippen molar-refractivity contribution in [3.63, 3.8) is 0 Å². The Labute approximate surface area is 254 Å². The molecule has 0 saturated carbocycles. The van der Waals surface area contributed by atoms with Crippen molar-refractivity contribution in [3.05, 3.63) is 77.4 Å². The van der Waals surface area contributed by atoms with Crippen molar-refractivity contribution < 1.29 is 24.2 Å². The summed E-state index contributed by atoms with van der Waals surface area (Å²) in [6.07, 6.45) is 7.89. The standard InChI is InChI=1S/C32H34ClN3O5S/c1-4-41-22-12-10-21(11-13-22)34-16-6-14-31(3)24(28(34)38)25-29(39)36(18-19-37)27-30(40)35(17-7-15-32(25,27)42-31)26-20(2)8-5-9-23(26)33/h5-15,24-25,27,37H,4,16-19H2,1-3H3/t24-,25-,27?,31+,32-/m0/s1. The molecular formula is C32H34ClN3O5S. The fourth-order valence-corrected chi connectivity index (χ4v) is 9.64. The van der Waals surface area contributed by atoms with E-state index < -0.39 is 27.4 Å². The zero-order valence-electron chi connectivity index (χ0n) is 23.8. The number of aliphatic hydroxyl groups is 1. The second-order valence-corrected chi connectivity index (χ2v) is 13.5. The van der Waals surface area contributed by atoms with Crippen LogP contribution in [0.1, 0.15) is 19.4 Å². The zero-order valence-corrected chi connectivity index (χ0v) is 25.4. The van der Waals surface area contributed by atoms with E-state index in [9.17, 15) is 19.5 Å². The summed E-state index contributed by atoms with van der Waals surface area (Å²) in [6.45, 7) is 6.68. The molecule has 0 aliphatic carbocycles. The number of ether oxygens (including phenoxy) is 1. The Morgan fingerprint density at radius 3 is 2.38 bits per heavy atom. The van der Waals surface area contributed by atoms with Crippen LogP contribution in [0.3, 0.4) is 0 Å². The van der Waals surface area contributed by atoms with Gasteiger partial charge in [-0.25, -0.2) is 0 Å². The first-order chi connectivity index (χ1) is 20.2. The number of hydrogen-bond donors (Lipinski definition) is 1. The number of β-amino-alcohol motifs (C(OH)–C–C–N with tert-alkyl or cyclic N) is 1. The number of benzene rings is 2. The molecule has 10 heteroatoms. The van der Waals surface area contributed by atoms with E-state index in [1.807, 2.05) is 81.5 Å². The van der Waals surface area contributed by atoms with Crippen LogP contribution in [-0.4, -0.2) is 76.1 Å². The predicted molar refractivity (Wildman–Crippen MR) is 165 cm³/mol. The SMILES string of the molecule is CCOc1ccc(N2CC=C[C@@]3(C)S[C@]45C=CCN(c6c(C)cccc6Cl)C(=O)C4N(CCO)C(=O)[C@@H]5[C@H]3C2=O)cc1. The number of carbonyl (C=O) groups excluding carboxylic acids is 3. The Morgan fingerprint density at radius 2 is 1.69 bits per heavy atom. The van der Waals surface area contributed by atoms with Crippen LogP contribution < -0.4 is 14.5 Å². The largest absolute Gasteiger partial charge is 0.494 e. The number of nitrogens with zero attached hydrogens (tertiary/aromatic N) is 3. The van der Waals surface area contributed by atoms with E-state index in [-0.39, 0.29) is 37.4 Å². The number of hydrogen-bond acceptors (Lipinski definition) is 6. The van der Waals surface area contributed by atoms with Crippen LogP contribution in [0, 0.1) is 18.8 Å². The van der Waals surface area contributed by atoms with Gasteiger partial charge in [0.25, 0.3) is 5.91 Å². The summed E-state index contributed by atoms with van der Waals surface area (Å²) >= 11 is 8.12. The summed E-state index contributed by atoms with van der Waals surface area (Å²) in [7, 11) is 0. The third kappa shape index (κ3) is 4.28. The molecule has 2 aromatic rings. The lowest BCUT2D eigenvalue weighted by Crippen LogP contribution is -2.54. The average Bonchev–Trinajstić information content (AvgIpc) is 3.22. The molecule has 220 valence electrons. The maximum Gasteiger partial charge on any atom is 0.251 e. The lowest BCUT2D eigenvalue weighted by Gasteiger charge is -2.37. The molecule has 0 radical (unpaired) electrons. The highest BCUT2D eigenvalue weighted by atomic mass is 35.5. The van der Waals surface area contributed by atoms with Crippen molar-refractivity contribution in [2.24, 2.45) is 11.8 Å². The molecule has 42 heavy (non-hydrogen) atoms. The van der Waals surface area contributed by atoms with Crippen LogP contribution in [0.5, 0.6) is 5.75 Å². The minimum absolute atomic E-state index is 0.00664. The maximum absolute atomic E-state index is 14.5. The van der Waals surface area contributed by atoms with Gasteiger partial charge in [0.05, 0.1) is 40.5 Å². The minimum atomic E-state index is -1.01. The number of amides is 3. The highest BCUT2D eigenvalue weighted by Crippen LogP contribution is 2.65. The van der Waals surface area contributed by atoms with Gasteiger partial charge < -0.3 is 24.5 Å². The number of aryl methyl sites for hydroxylation is 1. The molecule has 5 atom stereocenters. The number of halogens is 1. The van der Waals surface area contributed by atoms with E-state index in [0.29, 0.717) is 35.3 Å². The van der Waals surface area contributed by atoms with Crippen LogP contribution in [0.15, 0.2) is 66.8 Å². The Morgan fingerprint density at radius 1 is 0.976 bits per heavy atom. The van der Waals surface area contributed by atoms with Crippen LogP contribution in [0.2, 0.25) is 5.02 Å². The van der Waals surface area contributed by atoms with Gasteiger partial charge >= 0.3 is 0 Å². The van der Waals surface area contributed by atoms with E-state index in [1.165, 1.54) is 16.7 Å². The molecular weight excluding hydrogens is 574 g/mol.